The highest BCUT2D eigenvalue weighted by atomic mass is 32.1. The second-order valence-corrected chi connectivity index (χ2v) is 5.38. The van der Waals surface area contributed by atoms with Crippen molar-refractivity contribution in [1.29, 1.82) is 0 Å². The first-order valence-electron chi connectivity index (χ1n) is 6.17. The lowest BCUT2D eigenvalue weighted by molar-refractivity contribution is -0.117. The van der Waals surface area contributed by atoms with Crippen LogP contribution in [0.15, 0.2) is 41.1 Å². The molecule has 0 unspecified atom stereocenters. The van der Waals surface area contributed by atoms with Crippen molar-refractivity contribution in [2.24, 2.45) is 7.05 Å². The Morgan fingerprint density at radius 1 is 1.26 bits per heavy atom. The van der Waals surface area contributed by atoms with Crippen molar-refractivity contribution in [3.63, 3.8) is 0 Å². The molecule has 0 spiro atoms. The van der Waals surface area contributed by atoms with Gasteiger partial charge in [-0.3, -0.25) is 4.79 Å². The number of rotatable bonds is 4. The Kier molecular flexibility index (Phi) is 3.17. The van der Waals surface area contributed by atoms with Gasteiger partial charge in [-0.05, 0) is 34.5 Å². The Hall–Kier alpha value is -1.94. The number of para-hydroxylation sites is 2. The fraction of sp³-hybridized carbons (Fsp3) is 0.200. The molecule has 4 heteroatoms. The molecule has 0 N–H and O–H groups in total. The molecule has 0 saturated carbocycles. The van der Waals surface area contributed by atoms with Gasteiger partial charge in [0.1, 0.15) is 11.6 Å². The summed E-state index contributed by atoms with van der Waals surface area (Å²) in [7, 11) is 1.96. The van der Waals surface area contributed by atoms with Crippen LogP contribution in [0.1, 0.15) is 11.4 Å². The van der Waals surface area contributed by atoms with Crippen LogP contribution in [0.4, 0.5) is 0 Å². The molecule has 2 heterocycles. The Bertz CT molecular complexity index is 713. The van der Waals surface area contributed by atoms with E-state index in [1.807, 2.05) is 52.7 Å². The molecule has 0 aliphatic carbocycles. The number of nitrogens with zero attached hydrogens (tertiary/aromatic N) is 2. The number of imidazole rings is 1. The molecule has 3 aromatic rings. The SMILES string of the molecule is Cn1c(CC(=O)Cc2ccsc2)nc2ccccc21. The monoisotopic (exact) mass is 270 g/mol. The van der Waals surface area contributed by atoms with E-state index in [2.05, 4.69) is 4.98 Å². The van der Waals surface area contributed by atoms with Gasteiger partial charge in [0.15, 0.2) is 0 Å². The summed E-state index contributed by atoms with van der Waals surface area (Å²) in [6, 6.07) is 9.95. The smallest absolute Gasteiger partial charge is 0.144 e. The quantitative estimate of drug-likeness (QED) is 0.730. The normalized spacial score (nSPS) is 11.0. The first kappa shape index (κ1) is 12.1. The highest BCUT2D eigenvalue weighted by Gasteiger charge is 2.12. The van der Waals surface area contributed by atoms with Crippen molar-refractivity contribution in [3.8, 4) is 0 Å². The van der Waals surface area contributed by atoms with Crippen LogP contribution in [-0.2, 0) is 24.7 Å². The van der Waals surface area contributed by atoms with Crippen molar-refractivity contribution >= 4 is 28.2 Å². The van der Waals surface area contributed by atoms with Gasteiger partial charge in [-0.2, -0.15) is 11.3 Å². The number of aromatic nitrogens is 2. The Morgan fingerprint density at radius 3 is 2.84 bits per heavy atom. The van der Waals surface area contributed by atoms with Gasteiger partial charge in [0.25, 0.3) is 0 Å². The molecule has 1 aromatic carbocycles. The van der Waals surface area contributed by atoms with Gasteiger partial charge >= 0.3 is 0 Å². The summed E-state index contributed by atoms with van der Waals surface area (Å²) in [6.45, 7) is 0. The second kappa shape index (κ2) is 4.97. The van der Waals surface area contributed by atoms with Crippen LogP contribution in [0.5, 0.6) is 0 Å². The molecule has 19 heavy (non-hydrogen) atoms. The lowest BCUT2D eigenvalue weighted by atomic mass is 10.1. The average Bonchev–Trinajstić information content (AvgIpc) is 3.00. The summed E-state index contributed by atoms with van der Waals surface area (Å²) >= 11 is 1.62. The lowest BCUT2D eigenvalue weighted by Crippen LogP contribution is -2.10. The molecule has 0 aliphatic rings. The zero-order valence-corrected chi connectivity index (χ0v) is 11.5. The first-order chi connectivity index (χ1) is 9.24. The maximum absolute atomic E-state index is 12.1. The summed E-state index contributed by atoms with van der Waals surface area (Å²) in [4.78, 5) is 16.6. The van der Waals surface area contributed by atoms with E-state index < -0.39 is 0 Å². The Labute approximate surface area is 115 Å². The van der Waals surface area contributed by atoms with Crippen molar-refractivity contribution in [2.75, 3.05) is 0 Å². The number of hydrogen-bond donors (Lipinski definition) is 0. The summed E-state index contributed by atoms with van der Waals surface area (Å²) < 4.78 is 2.00. The molecule has 0 fully saturated rings. The number of Topliss-reactive ketones (excluding diaryl/α,β-unsaturated/α-hetero) is 1. The second-order valence-electron chi connectivity index (χ2n) is 4.60. The minimum Gasteiger partial charge on any atom is -0.331 e. The van der Waals surface area contributed by atoms with Crippen LogP contribution in [0.25, 0.3) is 11.0 Å². The number of hydrogen-bond acceptors (Lipinski definition) is 3. The zero-order chi connectivity index (χ0) is 13.2. The molecular weight excluding hydrogens is 256 g/mol. The summed E-state index contributed by atoms with van der Waals surface area (Å²) in [5, 5.41) is 4.02. The van der Waals surface area contributed by atoms with Crippen molar-refractivity contribution in [3.05, 3.63) is 52.5 Å². The van der Waals surface area contributed by atoms with E-state index in [-0.39, 0.29) is 5.78 Å². The zero-order valence-electron chi connectivity index (χ0n) is 10.7. The molecule has 3 nitrogen and oxygen atoms in total. The molecule has 0 aliphatic heterocycles. The number of carbonyl (C=O) groups is 1. The van der Waals surface area contributed by atoms with E-state index >= 15 is 0 Å². The van der Waals surface area contributed by atoms with Gasteiger partial charge in [0.2, 0.25) is 0 Å². The number of fused-ring (bicyclic) bond motifs is 1. The minimum absolute atomic E-state index is 0.205. The van der Waals surface area contributed by atoms with Gasteiger partial charge in [0.05, 0.1) is 17.5 Å². The summed E-state index contributed by atoms with van der Waals surface area (Å²) in [5.41, 5.74) is 3.11. The fourth-order valence-corrected chi connectivity index (χ4v) is 2.88. The third-order valence-corrected chi connectivity index (χ3v) is 3.95. The number of thiophene rings is 1. The molecule has 96 valence electrons. The van der Waals surface area contributed by atoms with E-state index in [0.29, 0.717) is 12.8 Å². The van der Waals surface area contributed by atoms with Gasteiger partial charge < -0.3 is 4.57 Å². The van der Waals surface area contributed by atoms with Crippen molar-refractivity contribution < 1.29 is 4.79 Å². The Morgan fingerprint density at radius 2 is 2.11 bits per heavy atom. The summed E-state index contributed by atoms with van der Waals surface area (Å²) in [5.74, 6) is 1.04. The van der Waals surface area contributed by atoms with Crippen LogP contribution < -0.4 is 0 Å². The molecular formula is C15H14N2OS. The third kappa shape index (κ3) is 2.44. The van der Waals surface area contributed by atoms with Crippen LogP contribution >= 0.6 is 11.3 Å². The number of ketones is 1. The van der Waals surface area contributed by atoms with Crippen LogP contribution in [0.3, 0.4) is 0 Å². The Balaban J connectivity index is 1.81. The third-order valence-electron chi connectivity index (χ3n) is 3.22. The van der Waals surface area contributed by atoms with Crippen LogP contribution in [-0.4, -0.2) is 15.3 Å². The largest absolute Gasteiger partial charge is 0.331 e. The number of benzene rings is 1. The number of carbonyl (C=O) groups excluding carboxylic acids is 1. The molecule has 2 aromatic heterocycles. The van der Waals surface area contributed by atoms with Crippen LogP contribution in [0.2, 0.25) is 0 Å². The number of aryl methyl sites for hydroxylation is 1. The predicted octanol–water partition coefficient (Wildman–Crippen LogP) is 2.99. The molecule has 0 amide bonds. The predicted molar refractivity (Wildman–Crippen MR) is 77.4 cm³/mol. The van der Waals surface area contributed by atoms with Crippen molar-refractivity contribution in [2.45, 2.75) is 12.8 Å². The van der Waals surface area contributed by atoms with Gasteiger partial charge in [-0.1, -0.05) is 12.1 Å². The minimum atomic E-state index is 0.205. The highest BCUT2D eigenvalue weighted by Crippen LogP contribution is 2.15. The molecule has 0 saturated heterocycles. The van der Waals surface area contributed by atoms with Crippen LogP contribution in [0, 0.1) is 0 Å². The maximum atomic E-state index is 12.1. The van der Waals surface area contributed by atoms with Gasteiger partial charge in [0, 0.05) is 13.5 Å². The standard InChI is InChI=1S/C15H14N2OS/c1-17-14-5-3-2-4-13(14)16-15(17)9-12(18)8-11-6-7-19-10-11/h2-7,10H,8-9H2,1H3. The molecule has 3 rings (SSSR count). The summed E-state index contributed by atoms with van der Waals surface area (Å²) in [6.07, 6.45) is 0.883. The molecule has 0 atom stereocenters. The topological polar surface area (TPSA) is 34.9 Å². The lowest BCUT2D eigenvalue weighted by Gasteiger charge is -2.01. The highest BCUT2D eigenvalue weighted by molar-refractivity contribution is 7.08. The molecule has 0 radical (unpaired) electrons. The molecule has 0 bridgehead atoms. The maximum Gasteiger partial charge on any atom is 0.144 e. The van der Waals surface area contributed by atoms with Gasteiger partial charge in [-0.15, -0.1) is 0 Å². The van der Waals surface area contributed by atoms with Crippen molar-refractivity contribution in [1.82, 2.24) is 9.55 Å². The first-order valence-corrected chi connectivity index (χ1v) is 7.11. The fourth-order valence-electron chi connectivity index (χ4n) is 2.21. The average molecular weight is 270 g/mol. The van der Waals surface area contributed by atoms with E-state index in [0.717, 1.165) is 22.4 Å². The van der Waals surface area contributed by atoms with E-state index in [1.54, 1.807) is 11.3 Å². The van der Waals surface area contributed by atoms with Gasteiger partial charge in [-0.25, -0.2) is 4.98 Å². The van der Waals surface area contributed by atoms with E-state index in [4.69, 9.17) is 0 Å². The van der Waals surface area contributed by atoms with E-state index in [1.165, 1.54) is 0 Å². The van der Waals surface area contributed by atoms with E-state index in [9.17, 15) is 4.79 Å².